The minimum Gasteiger partial charge on any atom is -0.378 e. The fourth-order valence-corrected chi connectivity index (χ4v) is 4.37. The summed E-state index contributed by atoms with van der Waals surface area (Å²) < 4.78 is 20.6. The van der Waals surface area contributed by atoms with Crippen molar-refractivity contribution < 1.29 is 13.9 Å². The highest BCUT2D eigenvalue weighted by molar-refractivity contribution is 8.00. The number of thioether (sulfide) groups is 1. The summed E-state index contributed by atoms with van der Waals surface area (Å²) in [7, 11) is 0. The number of carbonyl (C=O) groups is 1. The van der Waals surface area contributed by atoms with Crippen LogP contribution in [0.3, 0.4) is 0 Å². The minimum absolute atomic E-state index is 0.129. The maximum absolute atomic E-state index is 13.3. The summed E-state index contributed by atoms with van der Waals surface area (Å²) in [6.07, 6.45) is 1.74. The van der Waals surface area contributed by atoms with E-state index in [-0.39, 0.29) is 11.7 Å². The standard InChI is InChI=1S/C24H26FN5O2S/c1-3-12-30-22(18-4-6-19(25)7-5-18)27-28-24(30)33-17(2)23(31)26-20-8-10-21(11-9-20)29-13-15-32-16-14-29/h3-11,17H,1,12-16H2,2H3,(H,26,31)/t17-/m1/s1. The number of halogens is 1. The van der Waals surface area contributed by atoms with Gasteiger partial charge in [-0.1, -0.05) is 17.8 Å². The zero-order valence-electron chi connectivity index (χ0n) is 18.4. The molecule has 0 unspecified atom stereocenters. The lowest BCUT2D eigenvalue weighted by Gasteiger charge is -2.28. The number of nitrogens with zero attached hydrogens (tertiary/aromatic N) is 4. The van der Waals surface area contributed by atoms with Gasteiger partial charge in [0.1, 0.15) is 5.82 Å². The van der Waals surface area contributed by atoms with E-state index >= 15 is 0 Å². The van der Waals surface area contributed by atoms with E-state index in [1.54, 1.807) is 18.2 Å². The Morgan fingerprint density at radius 3 is 2.55 bits per heavy atom. The Bertz CT molecular complexity index is 1100. The number of hydrogen-bond acceptors (Lipinski definition) is 6. The predicted molar refractivity (Wildman–Crippen MR) is 129 cm³/mol. The third kappa shape index (κ3) is 5.61. The Morgan fingerprint density at radius 1 is 1.18 bits per heavy atom. The molecule has 1 aromatic heterocycles. The zero-order valence-corrected chi connectivity index (χ0v) is 19.2. The molecule has 1 amide bonds. The molecule has 3 aromatic rings. The maximum Gasteiger partial charge on any atom is 0.237 e. The van der Waals surface area contributed by atoms with Crippen LogP contribution in [0, 0.1) is 5.82 Å². The van der Waals surface area contributed by atoms with E-state index in [2.05, 4.69) is 27.0 Å². The molecule has 0 aliphatic carbocycles. The van der Waals surface area contributed by atoms with Gasteiger partial charge in [0.05, 0.1) is 18.5 Å². The fourth-order valence-electron chi connectivity index (χ4n) is 3.51. The van der Waals surface area contributed by atoms with Crippen LogP contribution in [0.1, 0.15) is 6.92 Å². The summed E-state index contributed by atoms with van der Waals surface area (Å²) in [4.78, 5) is 15.1. The maximum atomic E-state index is 13.3. The summed E-state index contributed by atoms with van der Waals surface area (Å²) in [6, 6.07) is 13.9. The van der Waals surface area contributed by atoms with E-state index in [0.29, 0.717) is 17.5 Å². The molecule has 0 spiro atoms. The quantitative estimate of drug-likeness (QED) is 0.395. The Hall–Kier alpha value is -3.17. The fraction of sp³-hybridized carbons (Fsp3) is 0.292. The van der Waals surface area contributed by atoms with E-state index in [9.17, 15) is 9.18 Å². The number of carbonyl (C=O) groups excluding carboxylic acids is 1. The first-order chi connectivity index (χ1) is 16.0. The topological polar surface area (TPSA) is 72.3 Å². The average molecular weight is 468 g/mol. The van der Waals surface area contributed by atoms with Gasteiger partial charge in [0.2, 0.25) is 5.91 Å². The van der Waals surface area contributed by atoms with Crippen LogP contribution in [0.15, 0.2) is 66.3 Å². The van der Waals surface area contributed by atoms with Gasteiger partial charge in [-0.25, -0.2) is 4.39 Å². The molecule has 172 valence electrons. The molecule has 7 nitrogen and oxygen atoms in total. The van der Waals surface area contributed by atoms with Crippen LogP contribution in [0.2, 0.25) is 0 Å². The molecule has 1 N–H and O–H groups in total. The van der Waals surface area contributed by atoms with Gasteiger partial charge < -0.3 is 15.0 Å². The van der Waals surface area contributed by atoms with Crippen molar-refractivity contribution in [2.45, 2.75) is 23.9 Å². The van der Waals surface area contributed by atoms with E-state index in [0.717, 1.165) is 43.2 Å². The largest absolute Gasteiger partial charge is 0.378 e. The smallest absolute Gasteiger partial charge is 0.237 e. The SMILES string of the molecule is C=CCn1c(S[C@H](C)C(=O)Nc2ccc(N3CCOCC3)cc2)nnc1-c1ccc(F)cc1. The van der Waals surface area contributed by atoms with Crippen LogP contribution in [-0.2, 0) is 16.1 Å². The molecule has 33 heavy (non-hydrogen) atoms. The molecule has 4 rings (SSSR count). The van der Waals surface area contributed by atoms with E-state index in [4.69, 9.17) is 4.74 Å². The lowest BCUT2D eigenvalue weighted by molar-refractivity contribution is -0.115. The summed E-state index contributed by atoms with van der Waals surface area (Å²) >= 11 is 1.32. The summed E-state index contributed by atoms with van der Waals surface area (Å²) in [6.45, 7) is 9.29. The zero-order chi connectivity index (χ0) is 23.2. The summed E-state index contributed by atoms with van der Waals surface area (Å²) in [5.74, 6) is 0.158. The summed E-state index contributed by atoms with van der Waals surface area (Å²) in [5.41, 5.74) is 2.60. The van der Waals surface area contributed by atoms with Gasteiger partial charge >= 0.3 is 0 Å². The molecular weight excluding hydrogens is 441 g/mol. The first kappa shape index (κ1) is 23.0. The highest BCUT2D eigenvalue weighted by Crippen LogP contribution is 2.28. The van der Waals surface area contributed by atoms with Gasteiger partial charge in [-0.15, -0.1) is 16.8 Å². The van der Waals surface area contributed by atoms with Crippen LogP contribution >= 0.6 is 11.8 Å². The number of hydrogen-bond donors (Lipinski definition) is 1. The molecule has 2 aromatic carbocycles. The number of ether oxygens (including phenoxy) is 1. The Labute approximate surface area is 196 Å². The van der Waals surface area contributed by atoms with Crippen molar-refractivity contribution in [2.75, 3.05) is 36.5 Å². The Kier molecular flexibility index (Phi) is 7.41. The number of allylic oxidation sites excluding steroid dienone is 1. The number of nitrogens with one attached hydrogen (secondary N) is 1. The Morgan fingerprint density at radius 2 is 1.88 bits per heavy atom. The van der Waals surface area contributed by atoms with Crippen molar-refractivity contribution >= 4 is 29.0 Å². The van der Waals surface area contributed by atoms with Crippen molar-refractivity contribution in [1.82, 2.24) is 14.8 Å². The van der Waals surface area contributed by atoms with Crippen LogP contribution in [-0.4, -0.2) is 52.2 Å². The second kappa shape index (κ2) is 10.6. The molecule has 0 radical (unpaired) electrons. The molecule has 1 aliphatic heterocycles. The van der Waals surface area contributed by atoms with Crippen LogP contribution in [0.5, 0.6) is 0 Å². The molecule has 9 heteroatoms. The number of amides is 1. The van der Waals surface area contributed by atoms with Crippen LogP contribution < -0.4 is 10.2 Å². The number of aromatic nitrogens is 3. The number of morpholine rings is 1. The second-order valence-electron chi connectivity index (χ2n) is 7.61. The molecule has 2 heterocycles. The first-order valence-electron chi connectivity index (χ1n) is 10.8. The second-order valence-corrected chi connectivity index (χ2v) is 8.92. The average Bonchev–Trinajstić information content (AvgIpc) is 3.23. The van der Waals surface area contributed by atoms with Crippen molar-refractivity contribution in [3.8, 4) is 11.4 Å². The molecule has 1 saturated heterocycles. The number of rotatable bonds is 8. The third-order valence-electron chi connectivity index (χ3n) is 5.29. The van der Waals surface area contributed by atoms with Gasteiger partial charge in [-0.2, -0.15) is 0 Å². The van der Waals surface area contributed by atoms with Crippen molar-refractivity contribution in [3.05, 3.63) is 67.0 Å². The lowest BCUT2D eigenvalue weighted by Crippen LogP contribution is -2.36. The highest BCUT2D eigenvalue weighted by atomic mass is 32.2. The van der Waals surface area contributed by atoms with Crippen molar-refractivity contribution in [2.24, 2.45) is 0 Å². The van der Waals surface area contributed by atoms with E-state index < -0.39 is 5.25 Å². The van der Waals surface area contributed by atoms with Gasteiger partial charge in [0.15, 0.2) is 11.0 Å². The van der Waals surface area contributed by atoms with Crippen LogP contribution in [0.4, 0.5) is 15.8 Å². The van der Waals surface area contributed by atoms with Gasteiger partial charge in [0, 0.05) is 36.6 Å². The third-order valence-corrected chi connectivity index (χ3v) is 6.37. The first-order valence-corrected chi connectivity index (χ1v) is 11.6. The lowest BCUT2D eigenvalue weighted by atomic mass is 10.2. The minimum atomic E-state index is -0.405. The molecule has 1 fully saturated rings. The molecule has 0 bridgehead atoms. The van der Waals surface area contributed by atoms with Gasteiger partial charge in [-0.05, 0) is 55.5 Å². The molecular formula is C24H26FN5O2S. The molecule has 1 aliphatic rings. The van der Waals surface area contributed by atoms with Crippen molar-refractivity contribution in [1.29, 1.82) is 0 Å². The van der Waals surface area contributed by atoms with Crippen molar-refractivity contribution in [3.63, 3.8) is 0 Å². The van der Waals surface area contributed by atoms with E-state index in [1.165, 1.54) is 23.9 Å². The monoisotopic (exact) mass is 467 g/mol. The van der Waals surface area contributed by atoms with E-state index in [1.807, 2.05) is 35.8 Å². The van der Waals surface area contributed by atoms with Crippen LogP contribution in [0.25, 0.3) is 11.4 Å². The van der Waals surface area contributed by atoms with Gasteiger partial charge in [-0.3, -0.25) is 9.36 Å². The highest BCUT2D eigenvalue weighted by Gasteiger charge is 2.21. The van der Waals surface area contributed by atoms with Gasteiger partial charge in [0.25, 0.3) is 0 Å². The number of benzene rings is 2. The Balaban J connectivity index is 1.42. The molecule has 0 saturated carbocycles. The normalized spacial score (nSPS) is 14.7. The summed E-state index contributed by atoms with van der Waals surface area (Å²) in [5, 5.41) is 11.7. The predicted octanol–water partition coefficient (Wildman–Crippen LogP) is 4.23. The molecule has 1 atom stereocenters. The number of anilines is 2.